The molecule has 0 aliphatic carbocycles. The molecule has 1 unspecified atom stereocenters. The average Bonchev–Trinajstić information content (AvgIpc) is 3.21. The number of furan rings is 1. The fourth-order valence-electron chi connectivity index (χ4n) is 3.29. The van der Waals surface area contributed by atoms with Crippen molar-refractivity contribution in [3.8, 4) is 0 Å². The topological polar surface area (TPSA) is 74.6 Å². The van der Waals surface area contributed by atoms with Crippen LogP contribution in [0.5, 0.6) is 0 Å². The zero-order chi connectivity index (χ0) is 19.1. The van der Waals surface area contributed by atoms with Crippen LogP contribution in [0.25, 0.3) is 0 Å². The second-order valence-corrected chi connectivity index (χ2v) is 7.06. The molecule has 0 radical (unpaired) electrons. The van der Waals surface area contributed by atoms with Gasteiger partial charge in [-0.25, -0.2) is 0 Å². The Bertz CT molecular complexity index is 758. The summed E-state index contributed by atoms with van der Waals surface area (Å²) in [7, 11) is 0. The standard InChI is InChI=1S/C20H24ClN3O3/c21-16-7-4-6-15(12-16)20(26)23-14-19(25)22-13-17(18-8-5-11-27-18)24-9-2-1-3-10-24/h4-8,11-12,17H,1-3,9-10,13-14H2,(H,22,25)(H,23,26). The molecule has 1 aromatic heterocycles. The highest BCUT2D eigenvalue weighted by Crippen LogP contribution is 2.24. The third-order valence-corrected chi connectivity index (χ3v) is 4.93. The van der Waals surface area contributed by atoms with Crippen molar-refractivity contribution in [2.75, 3.05) is 26.2 Å². The third-order valence-electron chi connectivity index (χ3n) is 4.69. The average molecular weight is 390 g/mol. The summed E-state index contributed by atoms with van der Waals surface area (Å²) in [4.78, 5) is 26.6. The SMILES string of the molecule is O=C(CNC(=O)c1cccc(Cl)c1)NCC(c1ccco1)N1CCCCC1. The lowest BCUT2D eigenvalue weighted by molar-refractivity contribution is -0.120. The van der Waals surface area contributed by atoms with Crippen molar-refractivity contribution in [3.05, 3.63) is 59.0 Å². The van der Waals surface area contributed by atoms with Gasteiger partial charge >= 0.3 is 0 Å². The van der Waals surface area contributed by atoms with Gasteiger partial charge in [-0.3, -0.25) is 14.5 Å². The summed E-state index contributed by atoms with van der Waals surface area (Å²) in [6.07, 6.45) is 5.20. The molecule has 7 heteroatoms. The van der Waals surface area contributed by atoms with E-state index in [1.807, 2.05) is 12.1 Å². The summed E-state index contributed by atoms with van der Waals surface area (Å²) >= 11 is 5.89. The number of hydrogen-bond acceptors (Lipinski definition) is 4. The number of carbonyl (C=O) groups is 2. The molecule has 2 heterocycles. The molecule has 1 atom stereocenters. The van der Waals surface area contributed by atoms with Crippen LogP contribution in [0.15, 0.2) is 47.1 Å². The summed E-state index contributed by atoms with van der Waals surface area (Å²) in [6, 6.07) is 10.4. The van der Waals surface area contributed by atoms with Crippen molar-refractivity contribution < 1.29 is 14.0 Å². The van der Waals surface area contributed by atoms with E-state index in [-0.39, 0.29) is 24.4 Å². The molecule has 144 valence electrons. The van der Waals surface area contributed by atoms with Crippen LogP contribution in [0, 0.1) is 0 Å². The first-order valence-corrected chi connectivity index (χ1v) is 9.59. The fourth-order valence-corrected chi connectivity index (χ4v) is 3.48. The molecule has 1 aliphatic heterocycles. The van der Waals surface area contributed by atoms with Crippen molar-refractivity contribution in [1.29, 1.82) is 0 Å². The Morgan fingerprint density at radius 1 is 1.11 bits per heavy atom. The van der Waals surface area contributed by atoms with Crippen molar-refractivity contribution in [3.63, 3.8) is 0 Å². The highest BCUT2D eigenvalue weighted by atomic mass is 35.5. The highest BCUT2D eigenvalue weighted by Gasteiger charge is 2.24. The van der Waals surface area contributed by atoms with Crippen LogP contribution in [0.3, 0.4) is 0 Å². The minimum atomic E-state index is -0.328. The molecular formula is C20H24ClN3O3. The summed E-state index contributed by atoms with van der Waals surface area (Å²) in [6.45, 7) is 2.34. The minimum Gasteiger partial charge on any atom is -0.468 e. The highest BCUT2D eigenvalue weighted by molar-refractivity contribution is 6.30. The van der Waals surface area contributed by atoms with Crippen LogP contribution in [-0.4, -0.2) is 42.9 Å². The number of carbonyl (C=O) groups excluding carboxylic acids is 2. The smallest absolute Gasteiger partial charge is 0.251 e. The zero-order valence-electron chi connectivity index (χ0n) is 15.1. The van der Waals surface area contributed by atoms with E-state index in [1.165, 1.54) is 6.42 Å². The molecule has 0 spiro atoms. The number of hydrogen-bond donors (Lipinski definition) is 2. The Morgan fingerprint density at radius 3 is 2.63 bits per heavy atom. The third kappa shape index (κ3) is 5.58. The Labute approximate surface area is 163 Å². The van der Waals surface area contributed by atoms with Gasteiger partial charge in [-0.15, -0.1) is 0 Å². The number of nitrogens with one attached hydrogen (secondary N) is 2. The molecule has 1 saturated heterocycles. The number of rotatable bonds is 7. The first-order chi connectivity index (χ1) is 13.1. The van der Waals surface area contributed by atoms with Gasteiger partial charge in [0.15, 0.2) is 0 Å². The van der Waals surface area contributed by atoms with E-state index in [1.54, 1.807) is 30.5 Å². The second kappa shape index (κ2) is 9.58. The van der Waals surface area contributed by atoms with Gasteiger partial charge < -0.3 is 15.1 Å². The van der Waals surface area contributed by atoms with Crippen LogP contribution in [0.2, 0.25) is 5.02 Å². The maximum atomic E-state index is 12.2. The van der Waals surface area contributed by atoms with E-state index < -0.39 is 0 Å². The first-order valence-electron chi connectivity index (χ1n) is 9.21. The molecule has 0 saturated carbocycles. The molecule has 1 fully saturated rings. The molecule has 2 aromatic rings. The van der Waals surface area contributed by atoms with Crippen molar-refractivity contribution in [1.82, 2.24) is 15.5 Å². The lowest BCUT2D eigenvalue weighted by Crippen LogP contribution is -2.43. The van der Waals surface area contributed by atoms with Crippen molar-refractivity contribution >= 4 is 23.4 Å². The van der Waals surface area contributed by atoms with Crippen LogP contribution < -0.4 is 10.6 Å². The second-order valence-electron chi connectivity index (χ2n) is 6.62. The molecule has 1 aliphatic rings. The van der Waals surface area contributed by atoms with Gasteiger partial charge in [0.25, 0.3) is 5.91 Å². The van der Waals surface area contributed by atoms with Gasteiger partial charge in [-0.05, 0) is 56.3 Å². The number of halogens is 1. The number of benzene rings is 1. The predicted molar refractivity (Wildman–Crippen MR) is 104 cm³/mol. The van der Waals surface area contributed by atoms with Crippen molar-refractivity contribution in [2.24, 2.45) is 0 Å². The Balaban J connectivity index is 1.51. The normalized spacial score (nSPS) is 15.9. The van der Waals surface area contributed by atoms with E-state index in [0.717, 1.165) is 31.7 Å². The van der Waals surface area contributed by atoms with Gasteiger partial charge in [0.05, 0.1) is 18.8 Å². The quantitative estimate of drug-likeness (QED) is 0.763. The maximum Gasteiger partial charge on any atom is 0.251 e. The minimum absolute atomic E-state index is 0.00730. The van der Waals surface area contributed by atoms with E-state index in [2.05, 4.69) is 15.5 Å². The van der Waals surface area contributed by atoms with Gasteiger partial charge in [-0.1, -0.05) is 24.1 Å². The zero-order valence-corrected chi connectivity index (χ0v) is 15.9. The van der Waals surface area contributed by atoms with Gasteiger partial charge in [-0.2, -0.15) is 0 Å². The Hall–Kier alpha value is -2.31. The van der Waals surface area contributed by atoms with Crippen LogP contribution in [0.4, 0.5) is 0 Å². The molecule has 0 bridgehead atoms. The van der Waals surface area contributed by atoms with Gasteiger partial charge in [0, 0.05) is 17.1 Å². The lowest BCUT2D eigenvalue weighted by atomic mass is 10.1. The van der Waals surface area contributed by atoms with Gasteiger partial charge in [0.2, 0.25) is 5.91 Å². The number of nitrogens with zero attached hydrogens (tertiary/aromatic N) is 1. The maximum absolute atomic E-state index is 12.2. The van der Waals surface area contributed by atoms with Gasteiger partial charge in [0.1, 0.15) is 5.76 Å². The molecule has 6 nitrogen and oxygen atoms in total. The molecule has 2 amide bonds. The first kappa shape index (κ1) is 19.5. The Kier molecular flexibility index (Phi) is 6.90. The van der Waals surface area contributed by atoms with Crippen LogP contribution in [-0.2, 0) is 4.79 Å². The Morgan fingerprint density at radius 2 is 1.93 bits per heavy atom. The predicted octanol–water partition coefficient (Wildman–Crippen LogP) is 3.01. The van der Waals surface area contributed by atoms with E-state index in [0.29, 0.717) is 17.1 Å². The summed E-state index contributed by atoms with van der Waals surface area (Å²) in [5, 5.41) is 6.00. The molecule has 1 aromatic carbocycles. The number of piperidine rings is 1. The summed E-state index contributed by atoms with van der Waals surface area (Å²) < 4.78 is 5.57. The molecule has 27 heavy (non-hydrogen) atoms. The number of likely N-dealkylation sites (tertiary alicyclic amines) is 1. The van der Waals surface area contributed by atoms with E-state index >= 15 is 0 Å². The largest absolute Gasteiger partial charge is 0.468 e. The monoisotopic (exact) mass is 389 g/mol. The molecule has 2 N–H and O–H groups in total. The number of amides is 2. The van der Waals surface area contributed by atoms with E-state index in [9.17, 15) is 9.59 Å². The van der Waals surface area contributed by atoms with Crippen LogP contribution >= 0.6 is 11.6 Å². The van der Waals surface area contributed by atoms with Crippen molar-refractivity contribution in [2.45, 2.75) is 25.3 Å². The molecule has 3 rings (SSSR count). The van der Waals surface area contributed by atoms with Crippen LogP contribution in [0.1, 0.15) is 41.4 Å². The van der Waals surface area contributed by atoms with E-state index in [4.69, 9.17) is 16.0 Å². The lowest BCUT2D eigenvalue weighted by Gasteiger charge is -2.33. The summed E-state index contributed by atoms with van der Waals surface area (Å²) in [5.74, 6) is 0.283. The molecular weight excluding hydrogens is 366 g/mol. The summed E-state index contributed by atoms with van der Waals surface area (Å²) in [5.41, 5.74) is 0.428. The fraction of sp³-hybridized carbons (Fsp3) is 0.400.